The predicted octanol–water partition coefficient (Wildman–Crippen LogP) is 4.77. The van der Waals surface area contributed by atoms with Crippen molar-refractivity contribution in [1.29, 1.82) is 0 Å². The zero-order chi connectivity index (χ0) is 19.2. The van der Waals surface area contributed by atoms with Gasteiger partial charge in [-0.15, -0.1) is 0 Å². The summed E-state index contributed by atoms with van der Waals surface area (Å²) in [6, 6.07) is 17.4. The molecule has 138 valence electrons. The highest BCUT2D eigenvalue weighted by molar-refractivity contribution is 5.91. The molecule has 0 aliphatic heterocycles. The highest BCUT2D eigenvalue weighted by Gasteiger charge is 2.06. The van der Waals surface area contributed by atoms with Crippen LogP contribution < -0.4 is 15.4 Å². The molecule has 0 unspecified atom stereocenters. The zero-order valence-corrected chi connectivity index (χ0v) is 15.7. The van der Waals surface area contributed by atoms with Gasteiger partial charge < -0.3 is 15.4 Å². The highest BCUT2D eigenvalue weighted by atomic mass is 16.5. The Hall–Kier alpha value is -3.34. The Morgan fingerprint density at radius 3 is 2.30 bits per heavy atom. The van der Waals surface area contributed by atoms with Gasteiger partial charge in [0.15, 0.2) is 6.61 Å². The number of carbonyl (C=O) groups is 1. The molecule has 5 nitrogen and oxygen atoms in total. The lowest BCUT2D eigenvalue weighted by Gasteiger charge is -2.13. The molecular formula is C22H23N3O2. The van der Waals surface area contributed by atoms with Crippen LogP contribution in [-0.2, 0) is 4.79 Å². The van der Waals surface area contributed by atoms with Crippen LogP contribution in [0.2, 0.25) is 0 Å². The number of pyridine rings is 1. The van der Waals surface area contributed by atoms with Crippen molar-refractivity contribution in [3.05, 3.63) is 77.5 Å². The summed E-state index contributed by atoms with van der Waals surface area (Å²) in [4.78, 5) is 16.3. The van der Waals surface area contributed by atoms with Crippen molar-refractivity contribution in [2.45, 2.75) is 20.8 Å². The van der Waals surface area contributed by atoms with Crippen LogP contribution in [0.5, 0.6) is 5.75 Å². The minimum atomic E-state index is -0.251. The normalized spacial score (nSPS) is 10.3. The summed E-state index contributed by atoms with van der Waals surface area (Å²) in [7, 11) is 0. The first kappa shape index (κ1) is 18.5. The van der Waals surface area contributed by atoms with Crippen LogP contribution in [0.4, 0.5) is 17.2 Å². The number of rotatable bonds is 6. The van der Waals surface area contributed by atoms with Gasteiger partial charge >= 0.3 is 0 Å². The maximum Gasteiger partial charge on any atom is 0.263 e. The quantitative estimate of drug-likeness (QED) is 0.664. The van der Waals surface area contributed by atoms with Gasteiger partial charge in [-0.3, -0.25) is 4.79 Å². The van der Waals surface area contributed by atoms with Crippen molar-refractivity contribution in [2.75, 3.05) is 17.2 Å². The van der Waals surface area contributed by atoms with E-state index >= 15 is 0 Å². The monoisotopic (exact) mass is 361 g/mol. The molecule has 0 fully saturated rings. The van der Waals surface area contributed by atoms with Gasteiger partial charge in [-0.05, 0) is 56.2 Å². The Balaban J connectivity index is 1.55. The molecule has 2 N–H and O–H groups in total. The molecule has 0 bridgehead atoms. The van der Waals surface area contributed by atoms with Gasteiger partial charge in [0.05, 0.1) is 11.9 Å². The van der Waals surface area contributed by atoms with Crippen LogP contribution in [-0.4, -0.2) is 17.5 Å². The van der Waals surface area contributed by atoms with E-state index in [2.05, 4.69) is 41.6 Å². The number of hydrogen-bond donors (Lipinski definition) is 2. The highest BCUT2D eigenvalue weighted by Crippen LogP contribution is 2.24. The van der Waals surface area contributed by atoms with Gasteiger partial charge in [-0.1, -0.05) is 35.9 Å². The first-order valence-corrected chi connectivity index (χ1v) is 8.80. The molecule has 5 heteroatoms. The lowest BCUT2D eigenvalue weighted by molar-refractivity contribution is -0.118. The molecule has 3 aromatic rings. The predicted molar refractivity (Wildman–Crippen MR) is 109 cm³/mol. The molecule has 3 rings (SSSR count). The minimum absolute atomic E-state index is 0.0624. The van der Waals surface area contributed by atoms with E-state index < -0.39 is 0 Å². The molecule has 1 aromatic heterocycles. The van der Waals surface area contributed by atoms with Gasteiger partial charge in [-0.25, -0.2) is 4.98 Å². The van der Waals surface area contributed by atoms with Crippen LogP contribution in [0.15, 0.2) is 60.8 Å². The lowest BCUT2D eigenvalue weighted by Crippen LogP contribution is -2.20. The average Bonchev–Trinajstić information content (AvgIpc) is 2.66. The number of ether oxygens (including phenoxy) is 1. The number of nitrogens with one attached hydrogen (secondary N) is 2. The van der Waals surface area contributed by atoms with Crippen LogP contribution in [0, 0.1) is 20.8 Å². The molecule has 27 heavy (non-hydrogen) atoms. The van der Waals surface area contributed by atoms with E-state index in [0.29, 0.717) is 11.6 Å². The lowest BCUT2D eigenvalue weighted by atomic mass is 10.1. The van der Waals surface area contributed by atoms with Crippen LogP contribution in [0.25, 0.3) is 0 Å². The maximum atomic E-state index is 12.0. The first-order valence-electron chi connectivity index (χ1n) is 8.80. The van der Waals surface area contributed by atoms with Gasteiger partial charge in [0, 0.05) is 5.69 Å². The molecule has 0 saturated carbocycles. The fourth-order valence-corrected chi connectivity index (χ4v) is 2.66. The molecule has 1 heterocycles. The van der Waals surface area contributed by atoms with Crippen LogP contribution >= 0.6 is 0 Å². The fraction of sp³-hybridized carbons (Fsp3) is 0.182. The SMILES string of the molecule is Cc1ccc(OCC(=O)Nc2ccc(Nc3c(C)cccc3C)cn2)cc1. The molecule has 0 saturated heterocycles. The van der Waals surface area contributed by atoms with E-state index in [1.807, 2.05) is 43.3 Å². The largest absolute Gasteiger partial charge is 0.484 e. The third-order valence-corrected chi connectivity index (χ3v) is 4.17. The van der Waals surface area contributed by atoms with Crippen molar-refractivity contribution in [1.82, 2.24) is 4.98 Å². The van der Waals surface area contributed by atoms with E-state index in [0.717, 1.165) is 16.9 Å². The summed E-state index contributed by atoms with van der Waals surface area (Å²) >= 11 is 0. The second-order valence-electron chi connectivity index (χ2n) is 6.47. The van der Waals surface area contributed by atoms with Crippen molar-refractivity contribution < 1.29 is 9.53 Å². The zero-order valence-electron chi connectivity index (χ0n) is 15.7. The van der Waals surface area contributed by atoms with Crippen molar-refractivity contribution in [2.24, 2.45) is 0 Å². The van der Waals surface area contributed by atoms with E-state index in [9.17, 15) is 4.79 Å². The molecule has 0 aliphatic carbocycles. The minimum Gasteiger partial charge on any atom is -0.484 e. The third-order valence-electron chi connectivity index (χ3n) is 4.17. The molecule has 0 spiro atoms. The number of nitrogens with zero attached hydrogens (tertiary/aromatic N) is 1. The number of benzene rings is 2. The summed E-state index contributed by atoms with van der Waals surface area (Å²) < 4.78 is 5.47. The fourth-order valence-electron chi connectivity index (χ4n) is 2.66. The van der Waals surface area contributed by atoms with Gasteiger partial charge in [0.25, 0.3) is 5.91 Å². The summed E-state index contributed by atoms with van der Waals surface area (Å²) in [5, 5.41) is 6.11. The molecule has 0 atom stereocenters. The smallest absolute Gasteiger partial charge is 0.263 e. The number of aromatic nitrogens is 1. The Labute approximate surface area is 159 Å². The first-order chi connectivity index (χ1) is 13.0. The summed E-state index contributed by atoms with van der Waals surface area (Å²) in [5.41, 5.74) is 5.41. The van der Waals surface area contributed by atoms with Gasteiger partial charge in [0.1, 0.15) is 11.6 Å². The third kappa shape index (κ3) is 5.07. The topological polar surface area (TPSA) is 63.2 Å². The van der Waals surface area contributed by atoms with Crippen LogP contribution in [0.1, 0.15) is 16.7 Å². The average molecular weight is 361 g/mol. The van der Waals surface area contributed by atoms with Gasteiger partial charge in [-0.2, -0.15) is 0 Å². The molecular weight excluding hydrogens is 338 g/mol. The Kier molecular flexibility index (Phi) is 5.71. The number of aryl methyl sites for hydroxylation is 3. The molecule has 0 aliphatic rings. The van der Waals surface area contributed by atoms with E-state index in [-0.39, 0.29) is 12.5 Å². The number of anilines is 3. The standard InChI is InChI=1S/C22H23N3O2/c1-15-7-10-19(11-8-15)27-14-21(26)25-20-12-9-18(13-23-20)24-22-16(2)5-4-6-17(22)3/h4-13,24H,14H2,1-3H3,(H,23,25,26). The van der Waals surface area contributed by atoms with Crippen molar-refractivity contribution >= 4 is 23.1 Å². The Morgan fingerprint density at radius 2 is 1.67 bits per heavy atom. The molecule has 2 aromatic carbocycles. The van der Waals surface area contributed by atoms with E-state index in [1.165, 1.54) is 11.1 Å². The van der Waals surface area contributed by atoms with Gasteiger partial charge in [0.2, 0.25) is 0 Å². The Morgan fingerprint density at radius 1 is 0.963 bits per heavy atom. The summed E-state index contributed by atoms with van der Waals surface area (Å²) in [6.07, 6.45) is 1.70. The summed E-state index contributed by atoms with van der Waals surface area (Å²) in [5.74, 6) is 0.898. The molecule has 1 amide bonds. The number of amides is 1. The van der Waals surface area contributed by atoms with Crippen LogP contribution in [0.3, 0.4) is 0 Å². The van der Waals surface area contributed by atoms with Crippen molar-refractivity contribution in [3.8, 4) is 5.75 Å². The van der Waals surface area contributed by atoms with E-state index in [4.69, 9.17) is 4.74 Å². The van der Waals surface area contributed by atoms with Crippen molar-refractivity contribution in [3.63, 3.8) is 0 Å². The Bertz CT molecular complexity index is 899. The number of carbonyl (C=O) groups excluding carboxylic acids is 1. The second kappa shape index (κ2) is 8.36. The second-order valence-corrected chi connectivity index (χ2v) is 6.47. The maximum absolute atomic E-state index is 12.0. The van der Waals surface area contributed by atoms with E-state index in [1.54, 1.807) is 12.3 Å². The molecule has 0 radical (unpaired) electrons. The summed E-state index contributed by atoms with van der Waals surface area (Å²) in [6.45, 7) is 6.06. The number of hydrogen-bond acceptors (Lipinski definition) is 4. The number of para-hydroxylation sites is 1.